The number of rotatable bonds is 8. The SMILES string of the molecule is C=CCN(C(=O)COC)C(C)C(=O)c1c(C)c(C(=O)OC)n(C)c1C. The quantitative estimate of drug-likeness (QED) is 0.405. The van der Waals surface area contributed by atoms with E-state index in [9.17, 15) is 14.4 Å². The van der Waals surface area contributed by atoms with Crippen molar-refractivity contribution in [1.82, 2.24) is 9.47 Å². The maximum Gasteiger partial charge on any atom is 0.354 e. The van der Waals surface area contributed by atoms with Crippen LogP contribution in [0.1, 0.15) is 39.0 Å². The average molecular weight is 350 g/mol. The minimum Gasteiger partial charge on any atom is -0.464 e. The van der Waals surface area contributed by atoms with Crippen LogP contribution in [0.25, 0.3) is 0 Å². The van der Waals surface area contributed by atoms with Crippen LogP contribution in [0.5, 0.6) is 0 Å². The lowest BCUT2D eigenvalue weighted by molar-refractivity contribution is -0.135. The third-order valence-corrected chi connectivity index (χ3v) is 4.32. The number of aromatic nitrogens is 1. The second kappa shape index (κ2) is 8.62. The minimum atomic E-state index is -0.717. The van der Waals surface area contributed by atoms with Crippen molar-refractivity contribution in [3.05, 3.63) is 35.2 Å². The third kappa shape index (κ3) is 3.99. The maximum atomic E-state index is 13.1. The number of carbonyl (C=O) groups excluding carboxylic acids is 3. The second-order valence-electron chi connectivity index (χ2n) is 5.79. The standard InChI is InChI=1S/C18H26N2O5/c1-8-9-20(14(21)10-24-6)13(4)17(22)15-11(2)16(18(23)25-7)19(5)12(15)3/h8,13H,1,9-10H2,2-7H3. The van der Waals surface area contributed by atoms with Crippen LogP contribution in [0.3, 0.4) is 0 Å². The second-order valence-corrected chi connectivity index (χ2v) is 5.79. The van der Waals surface area contributed by atoms with E-state index in [1.165, 1.54) is 19.1 Å². The van der Waals surface area contributed by atoms with E-state index in [1.54, 1.807) is 38.5 Å². The first-order valence-corrected chi connectivity index (χ1v) is 7.90. The first-order valence-electron chi connectivity index (χ1n) is 7.90. The topological polar surface area (TPSA) is 77.8 Å². The van der Waals surface area contributed by atoms with Gasteiger partial charge in [0.15, 0.2) is 5.78 Å². The zero-order valence-electron chi connectivity index (χ0n) is 15.7. The van der Waals surface area contributed by atoms with Crippen LogP contribution < -0.4 is 0 Å². The number of esters is 1. The van der Waals surface area contributed by atoms with Gasteiger partial charge < -0.3 is 18.9 Å². The molecule has 0 spiro atoms. The van der Waals surface area contributed by atoms with Gasteiger partial charge >= 0.3 is 5.97 Å². The normalized spacial score (nSPS) is 11.8. The van der Waals surface area contributed by atoms with Crippen LogP contribution in [0.15, 0.2) is 12.7 Å². The van der Waals surface area contributed by atoms with E-state index >= 15 is 0 Å². The van der Waals surface area contributed by atoms with Gasteiger partial charge in [0.2, 0.25) is 5.91 Å². The molecule has 138 valence electrons. The minimum absolute atomic E-state index is 0.119. The summed E-state index contributed by atoms with van der Waals surface area (Å²) in [6.07, 6.45) is 1.56. The number of ketones is 1. The van der Waals surface area contributed by atoms with Crippen LogP contribution in [0.4, 0.5) is 0 Å². The van der Waals surface area contributed by atoms with Gasteiger partial charge in [-0.05, 0) is 26.3 Å². The molecule has 1 unspecified atom stereocenters. The van der Waals surface area contributed by atoms with Crippen molar-refractivity contribution in [3.63, 3.8) is 0 Å². The molecule has 7 nitrogen and oxygen atoms in total. The highest BCUT2D eigenvalue weighted by Gasteiger charge is 2.31. The van der Waals surface area contributed by atoms with Gasteiger partial charge in [-0.3, -0.25) is 9.59 Å². The molecule has 1 amide bonds. The Morgan fingerprint density at radius 3 is 2.36 bits per heavy atom. The van der Waals surface area contributed by atoms with E-state index in [1.807, 2.05) is 0 Å². The first kappa shape index (κ1) is 20.6. The molecule has 0 aliphatic rings. The number of nitrogens with zero attached hydrogens (tertiary/aromatic N) is 2. The summed E-state index contributed by atoms with van der Waals surface area (Å²) in [5.74, 6) is -1.05. The Labute approximate surface area is 148 Å². The lowest BCUT2D eigenvalue weighted by atomic mass is 9.99. The molecule has 1 rings (SSSR count). The molecular weight excluding hydrogens is 324 g/mol. The predicted molar refractivity (Wildman–Crippen MR) is 93.8 cm³/mol. The number of amides is 1. The van der Waals surface area contributed by atoms with E-state index in [0.29, 0.717) is 22.5 Å². The molecule has 1 heterocycles. The Morgan fingerprint density at radius 1 is 1.28 bits per heavy atom. The van der Waals surface area contributed by atoms with Gasteiger partial charge in [-0.1, -0.05) is 6.08 Å². The molecule has 0 N–H and O–H groups in total. The van der Waals surface area contributed by atoms with Gasteiger partial charge in [0.1, 0.15) is 12.3 Å². The van der Waals surface area contributed by atoms with Gasteiger partial charge in [-0.25, -0.2) is 4.79 Å². The van der Waals surface area contributed by atoms with E-state index in [2.05, 4.69) is 6.58 Å². The molecule has 1 aromatic rings. The summed E-state index contributed by atoms with van der Waals surface area (Å²) >= 11 is 0. The summed E-state index contributed by atoms with van der Waals surface area (Å²) in [4.78, 5) is 38.7. The van der Waals surface area contributed by atoms with Crippen molar-refractivity contribution in [1.29, 1.82) is 0 Å². The van der Waals surface area contributed by atoms with Crippen LogP contribution in [0, 0.1) is 13.8 Å². The van der Waals surface area contributed by atoms with Crippen molar-refractivity contribution in [3.8, 4) is 0 Å². The lowest BCUT2D eigenvalue weighted by Gasteiger charge is -2.27. The smallest absolute Gasteiger partial charge is 0.354 e. The van der Waals surface area contributed by atoms with Crippen LogP contribution in [-0.2, 0) is 21.3 Å². The van der Waals surface area contributed by atoms with E-state index in [0.717, 1.165) is 0 Å². The summed E-state index contributed by atoms with van der Waals surface area (Å²) in [6.45, 7) is 8.86. The fraction of sp³-hybridized carbons (Fsp3) is 0.500. The monoisotopic (exact) mass is 350 g/mol. The predicted octanol–water partition coefficient (Wildman–Crippen LogP) is 1.66. The molecule has 0 saturated heterocycles. The largest absolute Gasteiger partial charge is 0.464 e. The van der Waals surface area contributed by atoms with Crippen molar-refractivity contribution in [2.75, 3.05) is 27.4 Å². The fourth-order valence-electron chi connectivity index (χ4n) is 2.90. The maximum absolute atomic E-state index is 13.1. The summed E-state index contributed by atoms with van der Waals surface area (Å²) in [7, 11) is 4.42. The van der Waals surface area contributed by atoms with Gasteiger partial charge in [0.05, 0.1) is 13.2 Å². The van der Waals surface area contributed by atoms with E-state index in [-0.39, 0.29) is 24.8 Å². The van der Waals surface area contributed by atoms with Crippen LogP contribution in [0.2, 0.25) is 0 Å². The molecule has 1 atom stereocenters. The Morgan fingerprint density at radius 2 is 1.88 bits per heavy atom. The van der Waals surface area contributed by atoms with Gasteiger partial charge in [-0.15, -0.1) is 6.58 Å². The Balaban J connectivity index is 3.32. The molecular formula is C18H26N2O5. The highest BCUT2D eigenvalue weighted by molar-refractivity contribution is 6.06. The number of Topliss-reactive ketones (excluding diaryl/α,β-unsaturated/α-hetero) is 1. The first-order chi connectivity index (χ1) is 11.7. The molecule has 1 aromatic heterocycles. The molecule has 0 saturated carbocycles. The fourth-order valence-corrected chi connectivity index (χ4v) is 2.90. The van der Waals surface area contributed by atoms with Gasteiger partial charge in [-0.2, -0.15) is 0 Å². The van der Waals surface area contributed by atoms with E-state index < -0.39 is 12.0 Å². The summed E-state index contributed by atoms with van der Waals surface area (Å²) in [5, 5.41) is 0. The highest BCUT2D eigenvalue weighted by Crippen LogP contribution is 2.24. The zero-order chi connectivity index (χ0) is 19.3. The number of hydrogen-bond donors (Lipinski definition) is 0. The van der Waals surface area contributed by atoms with Gasteiger partial charge in [0, 0.05) is 32.0 Å². The van der Waals surface area contributed by atoms with Crippen molar-refractivity contribution >= 4 is 17.7 Å². The van der Waals surface area contributed by atoms with Crippen LogP contribution in [-0.4, -0.2) is 60.5 Å². The molecule has 0 bridgehead atoms. The summed E-state index contributed by atoms with van der Waals surface area (Å²) in [6, 6.07) is -0.717. The summed E-state index contributed by atoms with van der Waals surface area (Å²) in [5.41, 5.74) is 1.94. The number of carbonyl (C=O) groups is 3. The molecule has 0 aliphatic carbocycles. The zero-order valence-corrected chi connectivity index (χ0v) is 15.7. The molecule has 0 fully saturated rings. The van der Waals surface area contributed by atoms with Crippen LogP contribution >= 0.6 is 0 Å². The highest BCUT2D eigenvalue weighted by atomic mass is 16.5. The molecule has 0 radical (unpaired) electrons. The summed E-state index contributed by atoms with van der Waals surface area (Å²) < 4.78 is 11.3. The van der Waals surface area contributed by atoms with E-state index in [4.69, 9.17) is 9.47 Å². The van der Waals surface area contributed by atoms with Crippen molar-refractivity contribution < 1.29 is 23.9 Å². The third-order valence-electron chi connectivity index (χ3n) is 4.32. The Hall–Kier alpha value is -2.41. The molecule has 0 aliphatic heterocycles. The Bertz CT molecular complexity index is 690. The lowest BCUT2D eigenvalue weighted by Crippen LogP contribution is -2.45. The van der Waals surface area contributed by atoms with Gasteiger partial charge in [0.25, 0.3) is 0 Å². The molecule has 0 aromatic carbocycles. The Kier molecular flexibility index (Phi) is 7.11. The van der Waals surface area contributed by atoms with Crippen molar-refractivity contribution in [2.45, 2.75) is 26.8 Å². The number of methoxy groups -OCH3 is 2. The average Bonchev–Trinajstić information content (AvgIpc) is 2.80. The molecule has 25 heavy (non-hydrogen) atoms. The van der Waals surface area contributed by atoms with Crippen molar-refractivity contribution in [2.24, 2.45) is 7.05 Å². The number of ether oxygens (including phenoxy) is 2. The molecule has 7 heteroatoms. The number of hydrogen-bond acceptors (Lipinski definition) is 5.